The van der Waals surface area contributed by atoms with Crippen molar-refractivity contribution < 1.29 is 52.4 Å². The van der Waals surface area contributed by atoms with Gasteiger partial charge >= 0.3 is 0 Å². The average Bonchev–Trinajstić information content (AvgIpc) is 1.96. The molecule has 0 unspecified atom stereocenters. The molecule has 20 heteroatoms. The summed E-state index contributed by atoms with van der Waals surface area (Å²) in [6, 6.07) is 58.9. The predicted octanol–water partition coefficient (Wildman–Crippen LogP) is 16.7. The summed E-state index contributed by atoms with van der Waals surface area (Å²) in [5, 5.41) is 44.1. The van der Waals surface area contributed by atoms with E-state index in [-0.39, 0.29) is 17.2 Å². The molecule has 4 heterocycles. The summed E-state index contributed by atoms with van der Waals surface area (Å²) in [6.45, 7) is 0.518. The van der Waals surface area contributed by atoms with Crippen LogP contribution in [0.1, 0.15) is 95.5 Å². The molecule has 4 fully saturated rings. The number of phenols is 3. The van der Waals surface area contributed by atoms with Crippen molar-refractivity contribution in [1.82, 2.24) is 40.6 Å². The molecule has 0 aliphatic heterocycles. The Labute approximate surface area is 548 Å². The Morgan fingerprint density at radius 3 is 0.758 bits per heavy atom. The molecular weight excluding hydrogens is 1200 g/mol. The minimum absolute atomic E-state index is 0.203. The van der Waals surface area contributed by atoms with E-state index >= 15 is 0 Å². The van der Waals surface area contributed by atoms with Gasteiger partial charge < -0.3 is 58.1 Å². The zero-order chi connectivity index (χ0) is 64.7. The van der Waals surface area contributed by atoms with E-state index in [2.05, 4.69) is 40.6 Å². The van der Waals surface area contributed by atoms with Crippen molar-refractivity contribution >= 4 is 0 Å². The summed E-state index contributed by atoms with van der Waals surface area (Å²) in [5.41, 5.74) is 13.4. The van der Waals surface area contributed by atoms with Crippen LogP contribution in [0.25, 0.3) is 91.4 Å². The van der Waals surface area contributed by atoms with Gasteiger partial charge in [0.15, 0.2) is 0 Å². The maximum absolute atomic E-state index is 9.35. The molecule has 8 aromatic carbocycles. The topological polar surface area (TPSA) is 279 Å². The van der Waals surface area contributed by atoms with Crippen molar-refractivity contribution in [2.75, 3.05) is 0 Å². The van der Waals surface area contributed by atoms with Crippen LogP contribution in [0.4, 0.5) is 0 Å². The number of aromatic nitrogens is 8. The molecule has 482 valence electrons. The van der Waals surface area contributed by atoms with Crippen LogP contribution in [0.15, 0.2) is 212 Å². The molecule has 0 bridgehead atoms. The Hall–Kier alpha value is -11.1. The quantitative estimate of drug-likeness (QED) is 0.0659. The second-order valence-electron chi connectivity index (χ2n) is 23.7. The van der Waals surface area contributed by atoms with Crippen molar-refractivity contribution in [2.24, 2.45) is 5.73 Å². The van der Waals surface area contributed by atoms with Crippen molar-refractivity contribution in [3.8, 4) is 132 Å². The highest BCUT2D eigenvalue weighted by Gasteiger charge is 2.24. The minimum atomic E-state index is 0.203. The van der Waals surface area contributed by atoms with E-state index in [0.717, 1.165) is 124 Å². The Morgan fingerprint density at radius 2 is 0.516 bits per heavy atom. The largest absolute Gasteiger partial charge is 0.508 e. The highest BCUT2D eigenvalue weighted by atomic mass is 16.5. The van der Waals surface area contributed by atoms with Gasteiger partial charge in [-0.25, -0.2) is 0 Å². The van der Waals surface area contributed by atoms with Crippen LogP contribution < -0.4 is 24.7 Å². The van der Waals surface area contributed by atoms with Crippen LogP contribution in [-0.4, -0.2) is 80.3 Å². The van der Waals surface area contributed by atoms with E-state index in [9.17, 15) is 15.3 Å². The molecule has 4 saturated carbocycles. The normalized spacial score (nSPS) is 14.6. The summed E-state index contributed by atoms with van der Waals surface area (Å²) in [5.74, 6) is 8.10. The first kappa shape index (κ1) is 62.7. The lowest BCUT2D eigenvalue weighted by Gasteiger charge is -2.26. The molecule has 20 nitrogen and oxygen atoms in total. The van der Waals surface area contributed by atoms with E-state index in [1.54, 1.807) is 72.8 Å². The number of nitrogens with zero attached hydrogens (tertiary/aromatic N) is 8. The third-order valence-electron chi connectivity index (χ3n) is 16.6. The van der Waals surface area contributed by atoms with Gasteiger partial charge in [0.25, 0.3) is 23.6 Å². The molecular formula is C75H71N9O11. The smallest absolute Gasteiger partial charge is 0.258 e. The monoisotopic (exact) mass is 1270 g/mol. The van der Waals surface area contributed by atoms with E-state index in [1.807, 2.05) is 121 Å². The first-order valence-corrected chi connectivity index (χ1v) is 32.3. The molecule has 0 radical (unpaired) electrons. The van der Waals surface area contributed by atoms with Gasteiger partial charge in [-0.2, -0.15) is 19.9 Å². The number of phenolic OH excluding ortho intramolecular Hbond substituents is 3. The Morgan fingerprint density at radius 1 is 0.284 bits per heavy atom. The fourth-order valence-corrected chi connectivity index (χ4v) is 10.8. The van der Waals surface area contributed by atoms with Crippen LogP contribution in [-0.2, 0) is 6.54 Å². The molecule has 0 saturated heterocycles. The lowest BCUT2D eigenvalue weighted by atomic mass is 9.96. The summed E-state index contributed by atoms with van der Waals surface area (Å²) in [6.07, 6.45) is 18.2. The second-order valence-corrected chi connectivity index (χ2v) is 23.7. The third-order valence-corrected chi connectivity index (χ3v) is 16.6. The lowest BCUT2D eigenvalue weighted by Crippen LogP contribution is -2.24. The number of benzene rings is 8. The first-order valence-electron chi connectivity index (χ1n) is 32.3. The van der Waals surface area contributed by atoms with E-state index < -0.39 is 0 Å². The fraction of sp³-hybridized carbons (Fsp3) is 0.253. The zero-order valence-corrected chi connectivity index (χ0v) is 52.2. The minimum Gasteiger partial charge on any atom is -0.508 e. The maximum Gasteiger partial charge on any atom is 0.258 e. The van der Waals surface area contributed by atoms with Gasteiger partial charge in [-0.1, -0.05) is 39.2 Å². The van der Waals surface area contributed by atoms with Gasteiger partial charge in [0.1, 0.15) is 40.2 Å². The number of aromatic hydroxyl groups is 3. The second kappa shape index (κ2) is 30.1. The summed E-state index contributed by atoms with van der Waals surface area (Å²) in [7, 11) is 0. The Kier molecular flexibility index (Phi) is 19.9. The van der Waals surface area contributed by atoms with E-state index in [1.165, 1.54) is 38.5 Å². The number of hydrogen-bond donors (Lipinski definition) is 4. The third kappa shape index (κ3) is 16.9. The predicted molar refractivity (Wildman–Crippen MR) is 356 cm³/mol. The van der Waals surface area contributed by atoms with Gasteiger partial charge in [0.05, 0.1) is 24.4 Å². The molecule has 4 aromatic heterocycles. The number of nitrogens with two attached hydrogens (primary N) is 1. The number of rotatable bonds is 17. The highest BCUT2D eigenvalue weighted by molar-refractivity contribution is 5.65. The van der Waals surface area contributed by atoms with Crippen LogP contribution >= 0.6 is 0 Å². The molecule has 4 aliphatic rings. The van der Waals surface area contributed by atoms with Gasteiger partial charge in [-0.3, -0.25) is 0 Å². The standard InChI is InChI=1S/C20H21N3O2.C20H20N2O3.C18H16N2O3.C17H14N2O3/c21-13-14-5-7-16(8-6-14)20-22-19(23-25-20)15-9-11-18(12-10-15)24-17-3-1-2-4-17;23-16-10-6-15(7-11-16)20-21-19(22-25-20)14-8-12-18(13-9-14)24-17-4-2-1-3-5-17;21-14-8-4-13(5-9-14)18-19-17(20-23-18)12-6-10-16(11-7-12)22-15-2-1-3-15;20-13-5-1-12(2-6-13)17-18-16(19-22-17)11-3-7-14(8-4-11)21-15-9-10-15/h5-12,17H,1-4,13,21H2;6-13,17,23H,1-5H2;4-11,15,21H,1-3H2;1-8,15,20H,9-10H2. The van der Waals surface area contributed by atoms with Gasteiger partial charge in [-0.05, 0) is 271 Å². The Balaban J connectivity index is 0.000000115. The molecule has 16 rings (SSSR count). The van der Waals surface area contributed by atoms with Gasteiger partial charge in [-0.15, -0.1) is 0 Å². The molecule has 0 atom stereocenters. The van der Waals surface area contributed by atoms with Crippen LogP contribution in [0.5, 0.6) is 40.2 Å². The number of ether oxygens (including phenoxy) is 4. The van der Waals surface area contributed by atoms with Crippen molar-refractivity contribution in [1.29, 1.82) is 0 Å². The molecule has 12 aromatic rings. The Bertz CT molecular complexity index is 4330. The average molecular weight is 1270 g/mol. The molecule has 0 spiro atoms. The summed E-state index contributed by atoms with van der Waals surface area (Å²) < 4.78 is 44.9. The maximum atomic E-state index is 9.35. The van der Waals surface area contributed by atoms with Crippen molar-refractivity contribution in [3.05, 3.63) is 200 Å². The van der Waals surface area contributed by atoms with E-state index in [4.69, 9.17) is 42.8 Å². The molecule has 4 aliphatic carbocycles. The molecule has 5 N–H and O–H groups in total. The van der Waals surface area contributed by atoms with Crippen LogP contribution in [0.2, 0.25) is 0 Å². The van der Waals surface area contributed by atoms with Crippen LogP contribution in [0.3, 0.4) is 0 Å². The zero-order valence-electron chi connectivity index (χ0n) is 52.2. The lowest BCUT2D eigenvalue weighted by molar-refractivity contribution is 0.120. The summed E-state index contributed by atoms with van der Waals surface area (Å²) in [4.78, 5) is 17.7. The SMILES string of the molecule is NCc1ccc(-c2nc(-c3ccc(OC4CCCC4)cc3)no2)cc1.Oc1ccc(-c2nc(-c3ccc(OC4CC4)cc3)no2)cc1.Oc1ccc(-c2nc(-c3ccc(OC4CCC4)cc3)no2)cc1.Oc1ccc(-c2nc(-c3ccc(OC4CCCCC4)cc3)no2)cc1. The molecule has 0 amide bonds. The van der Waals surface area contributed by atoms with Crippen molar-refractivity contribution in [3.63, 3.8) is 0 Å². The fourth-order valence-electron chi connectivity index (χ4n) is 10.8. The van der Waals surface area contributed by atoms with Crippen LogP contribution in [0, 0.1) is 0 Å². The highest BCUT2D eigenvalue weighted by Crippen LogP contribution is 2.34. The van der Waals surface area contributed by atoms with E-state index in [0.29, 0.717) is 77.8 Å². The first-order chi connectivity index (χ1) is 46.6. The van der Waals surface area contributed by atoms with Gasteiger partial charge in [0, 0.05) is 51.1 Å². The molecule has 95 heavy (non-hydrogen) atoms. The van der Waals surface area contributed by atoms with Crippen molar-refractivity contribution in [2.45, 2.75) is 121 Å². The summed E-state index contributed by atoms with van der Waals surface area (Å²) >= 11 is 0. The van der Waals surface area contributed by atoms with Gasteiger partial charge in [0.2, 0.25) is 23.3 Å². The number of hydrogen-bond acceptors (Lipinski definition) is 20.